The van der Waals surface area contributed by atoms with E-state index in [4.69, 9.17) is 9.47 Å². The SMILES string of the molecule is CC(=O)CCCCC(=O)OCC1CCC2OC2C1. The largest absolute Gasteiger partial charge is 0.465 e. The number of esters is 1. The number of rotatable bonds is 7. The predicted octanol–water partition coefficient (Wildman–Crippen LogP) is 2.25. The predicted molar refractivity (Wildman–Crippen MR) is 66.1 cm³/mol. The highest BCUT2D eigenvalue weighted by molar-refractivity contribution is 5.75. The first-order chi connectivity index (χ1) is 8.65. The lowest BCUT2D eigenvalue weighted by Gasteiger charge is -2.18. The second-order valence-corrected chi connectivity index (χ2v) is 5.48. The molecule has 1 heterocycles. The van der Waals surface area contributed by atoms with E-state index in [0.29, 0.717) is 37.6 Å². The lowest BCUT2D eigenvalue weighted by Crippen LogP contribution is -2.20. The van der Waals surface area contributed by atoms with Crippen molar-refractivity contribution < 1.29 is 19.1 Å². The van der Waals surface area contributed by atoms with Crippen LogP contribution in [0.2, 0.25) is 0 Å². The minimum Gasteiger partial charge on any atom is -0.465 e. The molecule has 102 valence electrons. The van der Waals surface area contributed by atoms with E-state index in [9.17, 15) is 9.59 Å². The van der Waals surface area contributed by atoms with Gasteiger partial charge in [-0.15, -0.1) is 0 Å². The van der Waals surface area contributed by atoms with Gasteiger partial charge in [-0.05, 0) is 44.9 Å². The summed E-state index contributed by atoms with van der Waals surface area (Å²) >= 11 is 0. The van der Waals surface area contributed by atoms with Crippen molar-refractivity contribution in [1.29, 1.82) is 0 Å². The molecule has 1 aliphatic carbocycles. The van der Waals surface area contributed by atoms with Crippen molar-refractivity contribution >= 4 is 11.8 Å². The molecule has 0 N–H and O–H groups in total. The lowest BCUT2D eigenvalue weighted by atomic mass is 9.90. The Morgan fingerprint density at radius 2 is 1.94 bits per heavy atom. The van der Waals surface area contributed by atoms with Gasteiger partial charge in [0.2, 0.25) is 0 Å². The Labute approximate surface area is 108 Å². The number of ketones is 1. The molecule has 2 fully saturated rings. The van der Waals surface area contributed by atoms with Gasteiger partial charge in [-0.25, -0.2) is 0 Å². The van der Waals surface area contributed by atoms with Gasteiger partial charge in [-0.1, -0.05) is 0 Å². The van der Waals surface area contributed by atoms with Crippen LogP contribution in [0.4, 0.5) is 0 Å². The average molecular weight is 254 g/mol. The molecule has 1 saturated carbocycles. The van der Waals surface area contributed by atoms with E-state index in [2.05, 4.69) is 0 Å². The van der Waals surface area contributed by atoms with Gasteiger partial charge >= 0.3 is 5.97 Å². The molecule has 0 aromatic rings. The standard InChI is InChI=1S/C14H22O4/c1-10(15)4-2-3-5-14(16)17-9-11-6-7-12-13(8-11)18-12/h11-13H,2-9H2,1H3. The van der Waals surface area contributed by atoms with E-state index in [-0.39, 0.29) is 11.8 Å². The number of hydrogen-bond donors (Lipinski definition) is 0. The summed E-state index contributed by atoms with van der Waals surface area (Å²) in [7, 11) is 0. The maximum absolute atomic E-state index is 11.5. The average Bonchev–Trinajstić information content (AvgIpc) is 3.10. The van der Waals surface area contributed by atoms with Gasteiger partial charge in [0.15, 0.2) is 0 Å². The highest BCUT2D eigenvalue weighted by Gasteiger charge is 2.43. The first kappa shape index (κ1) is 13.5. The summed E-state index contributed by atoms with van der Waals surface area (Å²) in [5.74, 6) is 0.539. The van der Waals surface area contributed by atoms with Gasteiger partial charge in [-0.3, -0.25) is 4.79 Å². The lowest BCUT2D eigenvalue weighted by molar-refractivity contribution is -0.145. The van der Waals surface area contributed by atoms with Gasteiger partial charge < -0.3 is 14.3 Å². The number of Topliss-reactive ketones (excluding diaryl/α,β-unsaturated/α-hetero) is 1. The first-order valence-corrected chi connectivity index (χ1v) is 6.95. The molecule has 4 heteroatoms. The third kappa shape index (κ3) is 4.41. The monoisotopic (exact) mass is 254 g/mol. The molecular weight excluding hydrogens is 232 g/mol. The van der Waals surface area contributed by atoms with E-state index < -0.39 is 0 Å². The van der Waals surface area contributed by atoms with Crippen LogP contribution in [-0.2, 0) is 19.1 Å². The summed E-state index contributed by atoms with van der Waals surface area (Å²) in [5.41, 5.74) is 0. The molecule has 3 unspecified atom stereocenters. The highest BCUT2D eigenvalue weighted by Crippen LogP contribution is 2.39. The summed E-state index contributed by atoms with van der Waals surface area (Å²) in [6.07, 6.45) is 6.75. The molecule has 0 aromatic carbocycles. The smallest absolute Gasteiger partial charge is 0.305 e. The summed E-state index contributed by atoms with van der Waals surface area (Å²) in [6.45, 7) is 2.12. The molecule has 0 radical (unpaired) electrons. The Kier molecular flexibility index (Phi) is 4.75. The number of carbonyl (C=O) groups excluding carboxylic acids is 2. The van der Waals surface area contributed by atoms with E-state index in [1.807, 2.05) is 0 Å². The highest BCUT2D eigenvalue weighted by atomic mass is 16.6. The zero-order valence-electron chi connectivity index (χ0n) is 11.0. The third-order valence-corrected chi connectivity index (χ3v) is 3.75. The summed E-state index contributed by atoms with van der Waals surface area (Å²) in [4.78, 5) is 22.2. The summed E-state index contributed by atoms with van der Waals surface area (Å²) < 4.78 is 10.7. The van der Waals surface area contributed by atoms with Crippen LogP contribution in [0.5, 0.6) is 0 Å². The maximum Gasteiger partial charge on any atom is 0.305 e. The number of carbonyl (C=O) groups is 2. The van der Waals surface area contributed by atoms with Gasteiger partial charge in [0.1, 0.15) is 5.78 Å². The molecule has 0 bridgehead atoms. The first-order valence-electron chi connectivity index (χ1n) is 6.95. The Hall–Kier alpha value is -0.900. The third-order valence-electron chi connectivity index (χ3n) is 3.75. The fourth-order valence-electron chi connectivity index (χ4n) is 2.56. The molecule has 4 nitrogen and oxygen atoms in total. The zero-order valence-corrected chi connectivity index (χ0v) is 11.0. The second kappa shape index (κ2) is 6.32. The van der Waals surface area contributed by atoms with Crippen LogP contribution in [0, 0.1) is 5.92 Å². The Balaban J connectivity index is 1.50. The zero-order chi connectivity index (χ0) is 13.0. The number of ether oxygens (including phenoxy) is 2. The van der Waals surface area contributed by atoms with Gasteiger partial charge in [0.05, 0.1) is 18.8 Å². The van der Waals surface area contributed by atoms with Crippen LogP contribution in [0.15, 0.2) is 0 Å². The van der Waals surface area contributed by atoms with Crippen LogP contribution in [0.3, 0.4) is 0 Å². The number of epoxide rings is 1. The van der Waals surface area contributed by atoms with E-state index >= 15 is 0 Å². The molecule has 2 rings (SSSR count). The van der Waals surface area contributed by atoms with Crippen LogP contribution in [0.1, 0.15) is 51.9 Å². The van der Waals surface area contributed by atoms with Crippen molar-refractivity contribution in [2.24, 2.45) is 5.92 Å². The topological polar surface area (TPSA) is 55.9 Å². The molecule has 1 aliphatic heterocycles. The van der Waals surface area contributed by atoms with Gasteiger partial charge in [-0.2, -0.15) is 0 Å². The van der Waals surface area contributed by atoms with Crippen LogP contribution < -0.4 is 0 Å². The minimum absolute atomic E-state index is 0.127. The quantitative estimate of drug-likeness (QED) is 0.397. The van der Waals surface area contributed by atoms with Crippen molar-refractivity contribution in [3.8, 4) is 0 Å². The van der Waals surface area contributed by atoms with E-state index in [1.165, 1.54) is 0 Å². The Bertz CT molecular complexity index is 313. The fourth-order valence-corrected chi connectivity index (χ4v) is 2.56. The van der Waals surface area contributed by atoms with Crippen molar-refractivity contribution in [2.45, 2.75) is 64.1 Å². The molecule has 18 heavy (non-hydrogen) atoms. The molecule has 0 aromatic heterocycles. The fraction of sp³-hybridized carbons (Fsp3) is 0.857. The molecule has 3 atom stereocenters. The Morgan fingerprint density at radius 1 is 1.17 bits per heavy atom. The Morgan fingerprint density at radius 3 is 2.67 bits per heavy atom. The second-order valence-electron chi connectivity index (χ2n) is 5.48. The molecule has 0 amide bonds. The van der Waals surface area contributed by atoms with Crippen molar-refractivity contribution in [3.63, 3.8) is 0 Å². The number of fused-ring (bicyclic) bond motifs is 1. The van der Waals surface area contributed by atoms with Crippen LogP contribution >= 0.6 is 0 Å². The van der Waals surface area contributed by atoms with Crippen LogP contribution in [-0.4, -0.2) is 30.6 Å². The molecule has 2 aliphatic rings. The maximum atomic E-state index is 11.5. The van der Waals surface area contributed by atoms with Crippen LogP contribution in [0.25, 0.3) is 0 Å². The summed E-state index contributed by atoms with van der Waals surface area (Å²) in [6, 6.07) is 0. The molecular formula is C14H22O4. The number of unbranched alkanes of at least 4 members (excludes halogenated alkanes) is 1. The normalized spacial score (nSPS) is 29.5. The van der Waals surface area contributed by atoms with Crippen molar-refractivity contribution in [1.82, 2.24) is 0 Å². The van der Waals surface area contributed by atoms with Crippen molar-refractivity contribution in [3.05, 3.63) is 0 Å². The summed E-state index contributed by atoms with van der Waals surface area (Å²) in [5, 5.41) is 0. The minimum atomic E-state index is -0.127. The molecule has 0 spiro atoms. The van der Waals surface area contributed by atoms with E-state index in [1.54, 1.807) is 6.92 Å². The number of hydrogen-bond acceptors (Lipinski definition) is 4. The van der Waals surface area contributed by atoms with Crippen molar-refractivity contribution in [2.75, 3.05) is 6.61 Å². The van der Waals surface area contributed by atoms with Gasteiger partial charge in [0, 0.05) is 12.8 Å². The van der Waals surface area contributed by atoms with Gasteiger partial charge in [0.25, 0.3) is 0 Å². The molecule has 1 saturated heterocycles. The van der Waals surface area contributed by atoms with E-state index in [0.717, 1.165) is 32.1 Å².